The van der Waals surface area contributed by atoms with Crippen LogP contribution in [0.5, 0.6) is 0 Å². The van der Waals surface area contributed by atoms with E-state index in [1.807, 2.05) is 19.9 Å². The Morgan fingerprint density at radius 3 is 2.00 bits per heavy atom. The molecule has 0 saturated carbocycles. The third-order valence-electron chi connectivity index (χ3n) is 0.890. The molecule has 1 aromatic heterocycles. The van der Waals surface area contributed by atoms with Crippen LogP contribution in [-0.2, 0) is 21.1 Å². The number of hydrogen-bond donors (Lipinski definition) is 1. The fraction of sp³-hybridized carbons (Fsp3) is 0.333. The zero-order valence-corrected chi connectivity index (χ0v) is 13.0. The summed E-state index contributed by atoms with van der Waals surface area (Å²) in [6.45, 7) is 4.01. The van der Waals surface area contributed by atoms with E-state index in [0.717, 1.165) is 5.69 Å². The molecule has 0 saturated heterocycles. The van der Waals surface area contributed by atoms with Gasteiger partial charge in [0.05, 0.1) is 0 Å². The molecule has 0 aliphatic heterocycles. The number of aromatic amines is 1. The Hall–Kier alpha value is 1.43. The summed E-state index contributed by atoms with van der Waals surface area (Å²) in [5.41, 5.74) is 2.29. The predicted octanol–water partition coefficient (Wildman–Crippen LogP) is 3.20. The molecule has 1 aromatic rings. The first-order valence-corrected chi connectivity index (χ1v) is 8.76. The molecule has 0 radical (unpaired) electrons. The quantitative estimate of drug-likeness (QED) is 0.391. The van der Waals surface area contributed by atoms with Gasteiger partial charge in [-0.15, -0.1) is 5.69 Å². The predicted molar refractivity (Wildman–Crippen MR) is 57.1 cm³/mol. The van der Waals surface area contributed by atoms with Crippen molar-refractivity contribution in [3.8, 4) is 0 Å². The van der Waals surface area contributed by atoms with Gasteiger partial charge in [-0.2, -0.15) is 0 Å². The number of nitrogens with one attached hydrogen (secondary N) is 1. The van der Waals surface area contributed by atoms with E-state index in [1.165, 1.54) is 5.69 Å². The van der Waals surface area contributed by atoms with Gasteiger partial charge in [0.2, 0.25) is 0 Å². The van der Waals surface area contributed by atoms with E-state index in [9.17, 15) is 0 Å². The second kappa shape index (κ2) is 8.52. The number of rotatable bonds is 0. The largest absolute Gasteiger partial charge is 0.456 e. The monoisotopic (exact) mass is 532 g/mol. The summed E-state index contributed by atoms with van der Waals surface area (Å²) in [5, 5.41) is 0. The average Bonchev–Trinajstić information content (AvgIpc) is 2.20. The van der Waals surface area contributed by atoms with Crippen LogP contribution < -0.4 is 0 Å². The Labute approximate surface area is 99.3 Å². The van der Waals surface area contributed by atoms with Crippen LogP contribution >= 0.6 is 37.2 Å². The minimum absolute atomic E-state index is 0. The van der Waals surface area contributed by atoms with Crippen molar-refractivity contribution in [2.24, 2.45) is 0 Å². The van der Waals surface area contributed by atoms with Crippen molar-refractivity contribution in [2.75, 3.05) is 0 Å². The van der Waals surface area contributed by atoms with Crippen LogP contribution in [0.1, 0.15) is 11.4 Å². The van der Waals surface area contributed by atoms with Crippen LogP contribution in [0.15, 0.2) is 6.07 Å². The molecule has 0 aliphatic carbocycles. The smallest absolute Gasteiger partial charge is 0 e. The molecule has 0 fully saturated rings. The van der Waals surface area contributed by atoms with E-state index < -0.39 is 0 Å². The Morgan fingerprint density at radius 1 is 1.40 bits per heavy atom. The third-order valence-corrected chi connectivity index (χ3v) is 0.890. The molecule has 0 unspecified atom stereocenters. The average molecular weight is 532 g/mol. The summed E-state index contributed by atoms with van der Waals surface area (Å²) < 4.78 is 0. The Kier molecular flexibility index (Phi) is 11.9. The van der Waals surface area contributed by atoms with Crippen molar-refractivity contribution in [1.82, 2.24) is 4.98 Å². The van der Waals surface area contributed by atoms with E-state index in [2.05, 4.69) is 48.3 Å². The second-order valence-corrected chi connectivity index (χ2v) is 1.72. The molecule has 0 atom stereocenters. The summed E-state index contributed by atoms with van der Waals surface area (Å²) in [7, 11) is 0. The summed E-state index contributed by atoms with van der Waals surface area (Å²) >= 11 is 4.24. The van der Waals surface area contributed by atoms with Crippen LogP contribution in [0.4, 0.5) is 0 Å². The van der Waals surface area contributed by atoms with Crippen molar-refractivity contribution in [1.29, 1.82) is 0 Å². The van der Waals surface area contributed by atoms with E-state index in [1.54, 1.807) is 0 Å². The van der Waals surface area contributed by atoms with Gasteiger partial charge in [0.1, 0.15) is 0 Å². The van der Waals surface area contributed by atoms with Gasteiger partial charge in [-0.1, -0.05) is 12.6 Å². The number of halogens is 2. The molecule has 1 rings (SSSR count). The van der Waals surface area contributed by atoms with Gasteiger partial charge in [-0.05, 0) is 6.92 Å². The first kappa shape index (κ1) is 14.0. The standard InChI is InChI=1S/C6H8N.I2.W/c1-5-3-4-6(2)7-5;1-2;/h3,7H,1-2H3;;/q-1;;. The van der Waals surface area contributed by atoms with Crippen molar-refractivity contribution in [2.45, 2.75) is 13.8 Å². The van der Waals surface area contributed by atoms with Crippen LogP contribution in [-0.4, -0.2) is 4.98 Å². The van der Waals surface area contributed by atoms with Crippen LogP contribution in [0.25, 0.3) is 0 Å². The number of hydrogen-bond acceptors (Lipinski definition) is 0. The molecule has 1 heterocycles. The fourth-order valence-corrected chi connectivity index (χ4v) is 0.584. The summed E-state index contributed by atoms with van der Waals surface area (Å²) in [6, 6.07) is 4.95. The zero-order valence-electron chi connectivity index (χ0n) is 5.74. The molecule has 0 amide bonds. The summed E-state index contributed by atoms with van der Waals surface area (Å²) in [6.07, 6.45) is 0. The minimum Gasteiger partial charge on any atom is -0.456 e. The third kappa shape index (κ3) is 6.16. The zero-order chi connectivity index (χ0) is 7.28. The van der Waals surface area contributed by atoms with Gasteiger partial charge in [0, 0.05) is 58.3 Å². The van der Waals surface area contributed by atoms with Gasteiger partial charge in [-0.25, -0.2) is 12.1 Å². The van der Waals surface area contributed by atoms with Crippen molar-refractivity contribution >= 4 is 37.2 Å². The van der Waals surface area contributed by atoms with Gasteiger partial charge in [0.15, 0.2) is 0 Å². The maximum Gasteiger partial charge on any atom is 0 e. The Morgan fingerprint density at radius 2 is 1.90 bits per heavy atom. The topological polar surface area (TPSA) is 15.8 Å². The summed E-state index contributed by atoms with van der Waals surface area (Å²) in [5.74, 6) is 0. The SMILES string of the molecule is Cc1[c-]cc(C)[nH]1.II.[W]. The summed E-state index contributed by atoms with van der Waals surface area (Å²) in [4.78, 5) is 3.08. The molecule has 10 heavy (non-hydrogen) atoms. The molecule has 0 aromatic carbocycles. The van der Waals surface area contributed by atoms with Gasteiger partial charge in [0.25, 0.3) is 0 Å². The van der Waals surface area contributed by atoms with Crippen molar-refractivity contribution < 1.29 is 21.1 Å². The van der Waals surface area contributed by atoms with Gasteiger partial charge in [-0.3, -0.25) is 0 Å². The molecular formula is C6H8I2NW-. The van der Waals surface area contributed by atoms with E-state index >= 15 is 0 Å². The molecule has 1 nitrogen and oxygen atoms in total. The Balaban J connectivity index is 0. The number of aryl methyl sites for hydroxylation is 2. The molecule has 0 bridgehead atoms. The first-order chi connectivity index (χ1) is 4.29. The maximum atomic E-state index is 3.08. The van der Waals surface area contributed by atoms with Crippen molar-refractivity contribution in [3.05, 3.63) is 23.5 Å². The van der Waals surface area contributed by atoms with Crippen LogP contribution in [0, 0.1) is 19.9 Å². The normalized spacial score (nSPS) is 7.20. The Bertz CT molecular complexity index is 148. The van der Waals surface area contributed by atoms with Crippen LogP contribution in [0.3, 0.4) is 0 Å². The maximum absolute atomic E-state index is 3.08. The number of aromatic nitrogens is 1. The molecule has 0 aliphatic rings. The minimum atomic E-state index is 0. The van der Waals surface area contributed by atoms with E-state index in [0.29, 0.717) is 0 Å². The molecule has 1 N–H and O–H groups in total. The van der Waals surface area contributed by atoms with Gasteiger partial charge < -0.3 is 4.98 Å². The van der Waals surface area contributed by atoms with Crippen LogP contribution in [0.2, 0.25) is 0 Å². The van der Waals surface area contributed by atoms with Crippen molar-refractivity contribution in [3.63, 3.8) is 0 Å². The first-order valence-electron chi connectivity index (χ1n) is 2.47. The number of H-pyrrole nitrogens is 1. The molecule has 58 valence electrons. The molecular weight excluding hydrogens is 524 g/mol. The fourth-order valence-electron chi connectivity index (χ4n) is 0.584. The molecule has 0 spiro atoms. The van der Waals surface area contributed by atoms with Gasteiger partial charge >= 0.3 is 0 Å². The van der Waals surface area contributed by atoms with E-state index in [-0.39, 0.29) is 21.1 Å². The second-order valence-electron chi connectivity index (χ2n) is 1.72. The molecule has 4 heteroatoms. The van der Waals surface area contributed by atoms with E-state index in [4.69, 9.17) is 0 Å².